The van der Waals surface area contributed by atoms with Gasteiger partial charge in [-0.2, -0.15) is 0 Å². The SMILES string of the molecule is CCCCNC(=S)N(C)CCN(C)C. The summed E-state index contributed by atoms with van der Waals surface area (Å²) in [7, 11) is 6.17. The molecule has 0 fully saturated rings. The molecule has 0 spiro atoms. The zero-order valence-corrected chi connectivity index (χ0v) is 10.7. The van der Waals surface area contributed by atoms with Crippen LogP contribution in [0, 0.1) is 0 Å². The van der Waals surface area contributed by atoms with Gasteiger partial charge in [-0.3, -0.25) is 0 Å². The molecule has 0 aromatic carbocycles. The van der Waals surface area contributed by atoms with Gasteiger partial charge in [0.1, 0.15) is 0 Å². The maximum absolute atomic E-state index is 5.24. The Kier molecular flexibility index (Phi) is 7.80. The van der Waals surface area contributed by atoms with Crippen LogP contribution in [-0.4, -0.2) is 55.7 Å². The highest BCUT2D eigenvalue weighted by atomic mass is 32.1. The van der Waals surface area contributed by atoms with Crippen LogP contribution >= 0.6 is 12.2 Å². The molecule has 0 heterocycles. The second-order valence-electron chi connectivity index (χ2n) is 3.81. The van der Waals surface area contributed by atoms with Crippen LogP contribution < -0.4 is 5.32 Å². The summed E-state index contributed by atoms with van der Waals surface area (Å²) in [6.45, 7) is 5.18. The summed E-state index contributed by atoms with van der Waals surface area (Å²) in [6, 6.07) is 0. The summed E-state index contributed by atoms with van der Waals surface area (Å²) in [5.74, 6) is 0. The number of likely N-dealkylation sites (N-methyl/N-ethyl adjacent to an activating group) is 2. The van der Waals surface area contributed by atoms with Crippen LogP contribution in [0.3, 0.4) is 0 Å². The molecule has 0 aliphatic heterocycles. The summed E-state index contributed by atoms with van der Waals surface area (Å²) >= 11 is 5.24. The Morgan fingerprint density at radius 2 is 1.86 bits per heavy atom. The van der Waals surface area contributed by atoms with Gasteiger partial charge < -0.3 is 15.1 Å². The molecule has 0 bridgehead atoms. The molecule has 0 atom stereocenters. The molecule has 0 aliphatic rings. The van der Waals surface area contributed by atoms with Gasteiger partial charge in [-0.15, -0.1) is 0 Å². The monoisotopic (exact) mass is 217 g/mol. The molecule has 0 rings (SSSR count). The van der Waals surface area contributed by atoms with Gasteiger partial charge in [-0.25, -0.2) is 0 Å². The van der Waals surface area contributed by atoms with Crippen molar-refractivity contribution in [3.63, 3.8) is 0 Å². The van der Waals surface area contributed by atoms with Crippen molar-refractivity contribution in [3.8, 4) is 0 Å². The summed E-state index contributed by atoms with van der Waals surface area (Å²) in [4.78, 5) is 4.25. The van der Waals surface area contributed by atoms with Crippen LogP contribution in [0.5, 0.6) is 0 Å². The summed E-state index contributed by atoms with van der Waals surface area (Å²) in [5.41, 5.74) is 0. The Hall–Kier alpha value is -0.350. The lowest BCUT2D eigenvalue weighted by Crippen LogP contribution is -2.40. The molecular formula is C10H23N3S. The van der Waals surface area contributed by atoms with E-state index in [0.717, 1.165) is 24.7 Å². The van der Waals surface area contributed by atoms with Crippen molar-refractivity contribution in [1.82, 2.24) is 15.1 Å². The number of unbranched alkanes of at least 4 members (excludes halogenated alkanes) is 1. The minimum absolute atomic E-state index is 0.861. The van der Waals surface area contributed by atoms with Crippen molar-refractivity contribution >= 4 is 17.3 Å². The Balaban J connectivity index is 3.54. The number of nitrogens with zero attached hydrogens (tertiary/aromatic N) is 2. The van der Waals surface area contributed by atoms with E-state index in [1.165, 1.54) is 12.8 Å². The maximum atomic E-state index is 5.24. The Morgan fingerprint density at radius 1 is 1.21 bits per heavy atom. The van der Waals surface area contributed by atoms with Gasteiger partial charge >= 0.3 is 0 Å². The normalized spacial score (nSPS) is 10.4. The highest BCUT2D eigenvalue weighted by Gasteiger charge is 2.02. The highest BCUT2D eigenvalue weighted by Crippen LogP contribution is 1.88. The number of hydrogen-bond donors (Lipinski definition) is 1. The average molecular weight is 217 g/mol. The molecule has 0 aromatic rings. The van der Waals surface area contributed by atoms with Crippen molar-refractivity contribution in [3.05, 3.63) is 0 Å². The van der Waals surface area contributed by atoms with Crippen molar-refractivity contribution in [2.75, 3.05) is 40.8 Å². The van der Waals surface area contributed by atoms with E-state index in [-0.39, 0.29) is 0 Å². The first-order valence-electron chi connectivity index (χ1n) is 5.21. The third kappa shape index (κ3) is 7.09. The number of thiocarbonyl (C=S) groups is 1. The van der Waals surface area contributed by atoms with Gasteiger partial charge in [0.25, 0.3) is 0 Å². The zero-order valence-electron chi connectivity index (χ0n) is 9.84. The Labute approximate surface area is 93.5 Å². The van der Waals surface area contributed by atoms with Crippen molar-refractivity contribution < 1.29 is 0 Å². The van der Waals surface area contributed by atoms with Crippen LogP contribution in [0.4, 0.5) is 0 Å². The lowest BCUT2D eigenvalue weighted by molar-refractivity contribution is 0.355. The molecular weight excluding hydrogens is 194 g/mol. The van der Waals surface area contributed by atoms with Crippen LogP contribution in [0.2, 0.25) is 0 Å². The minimum atomic E-state index is 0.861. The third-order valence-electron chi connectivity index (χ3n) is 2.04. The number of nitrogens with one attached hydrogen (secondary N) is 1. The van der Waals surface area contributed by atoms with E-state index in [0.29, 0.717) is 0 Å². The van der Waals surface area contributed by atoms with Crippen LogP contribution in [0.15, 0.2) is 0 Å². The van der Waals surface area contributed by atoms with E-state index >= 15 is 0 Å². The summed E-state index contributed by atoms with van der Waals surface area (Å²) in [6.07, 6.45) is 2.39. The molecule has 0 aliphatic carbocycles. The Bertz CT molecular complexity index is 159. The first-order valence-corrected chi connectivity index (χ1v) is 5.62. The molecule has 84 valence electrons. The van der Waals surface area contributed by atoms with Gasteiger partial charge in [-0.1, -0.05) is 13.3 Å². The first kappa shape index (κ1) is 13.7. The molecule has 1 N–H and O–H groups in total. The topological polar surface area (TPSA) is 18.5 Å². The lowest BCUT2D eigenvalue weighted by Gasteiger charge is -2.22. The fraction of sp³-hybridized carbons (Fsp3) is 0.900. The first-order chi connectivity index (χ1) is 6.57. The minimum Gasteiger partial charge on any atom is -0.363 e. The standard InChI is InChI=1S/C10H23N3S/c1-5-6-7-11-10(14)13(4)9-8-12(2)3/h5-9H2,1-4H3,(H,11,14). The van der Waals surface area contributed by atoms with Crippen LogP contribution in [0.25, 0.3) is 0 Å². The molecule has 4 heteroatoms. The maximum Gasteiger partial charge on any atom is 0.168 e. The number of rotatable bonds is 6. The molecule has 14 heavy (non-hydrogen) atoms. The van der Waals surface area contributed by atoms with Gasteiger partial charge in [-0.05, 0) is 32.7 Å². The predicted molar refractivity (Wildman–Crippen MR) is 66.7 cm³/mol. The molecule has 0 unspecified atom stereocenters. The largest absolute Gasteiger partial charge is 0.363 e. The average Bonchev–Trinajstić information content (AvgIpc) is 2.14. The van der Waals surface area contributed by atoms with E-state index in [1.807, 2.05) is 7.05 Å². The van der Waals surface area contributed by atoms with E-state index in [2.05, 4.69) is 36.1 Å². The van der Waals surface area contributed by atoms with Gasteiger partial charge in [0, 0.05) is 26.7 Å². The molecule has 0 amide bonds. The Morgan fingerprint density at radius 3 is 2.36 bits per heavy atom. The molecule has 0 radical (unpaired) electrons. The van der Waals surface area contributed by atoms with Crippen LogP contribution in [-0.2, 0) is 0 Å². The number of hydrogen-bond acceptors (Lipinski definition) is 2. The van der Waals surface area contributed by atoms with E-state index in [9.17, 15) is 0 Å². The quantitative estimate of drug-likeness (QED) is 0.531. The van der Waals surface area contributed by atoms with Gasteiger partial charge in [0.2, 0.25) is 0 Å². The fourth-order valence-electron chi connectivity index (χ4n) is 0.959. The summed E-state index contributed by atoms with van der Waals surface area (Å²) in [5, 5.41) is 4.11. The van der Waals surface area contributed by atoms with Crippen molar-refractivity contribution in [2.24, 2.45) is 0 Å². The van der Waals surface area contributed by atoms with Gasteiger partial charge in [0.05, 0.1) is 0 Å². The predicted octanol–water partition coefficient (Wildman–Crippen LogP) is 1.15. The summed E-state index contributed by atoms with van der Waals surface area (Å²) < 4.78 is 0. The van der Waals surface area contributed by atoms with E-state index < -0.39 is 0 Å². The third-order valence-corrected chi connectivity index (χ3v) is 2.49. The fourth-order valence-corrected chi connectivity index (χ4v) is 1.15. The van der Waals surface area contributed by atoms with Crippen molar-refractivity contribution in [1.29, 1.82) is 0 Å². The smallest absolute Gasteiger partial charge is 0.168 e. The van der Waals surface area contributed by atoms with Crippen LogP contribution in [0.1, 0.15) is 19.8 Å². The molecule has 0 aromatic heterocycles. The molecule has 0 saturated heterocycles. The van der Waals surface area contributed by atoms with E-state index in [4.69, 9.17) is 12.2 Å². The second kappa shape index (κ2) is 8.00. The van der Waals surface area contributed by atoms with Crippen molar-refractivity contribution in [2.45, 2.75) is 19.8 Å². The van der Waals surface area contributed by atoms with Gasteiger partial charge in [0.15, 0.2) is 5.11 Å². The zero-order chi connectivity index (χ0) is 11.0. The second-order valence-corrected chi connectivity index (χ2v) is 4.20. The molecule has 0 saturated carbocycles. The van der Waals surface area contributed by atoms with E-state index in [1.54, 1.807) is 0 Å². The highest BCUT2D eigenvalue weighted by molar-refractivity contribution is 7.80. The molecule has 3 nitrogen and oxygen atoms in total. The lowest BCUT2D eigenvalue weighted by atomic mass is 10.3.